The van der Waals surface area contributed by atoms with E-state index in [1.54, 1.807) is 0 Å². The molecule has 7 heteroatoms. The summed E-state index contributed by atoms with van der Waals surface area (Å²) in [5, 5.41) is 31.9. The van der Waals surface area contributed by atoms with Gasteiger partial charge in [0.1, 0.15) is 6.61 Å². The first-order valence-electron chi connectivity index (χ1n) is 10.8. The normalized spacial score (nSPS) is 12.8. The van der Waals surface area contributed by atoms with Crippen molar-refractivity contribution < 1.29 is 54.5 Å². The van der Waals surface area contributed by atoms with Crippen molar-refractivity contribution in [2.24, 2.45) is 0 Å². The smallest absolute Gasteiger partial charge is 0.550 e. The molecule has 0 aromatic heterocycles. The molecule has 0 bridgehead atoms. The molecule has 3 N–H and O–H groups in total. The first kappa shape index (κ1) is 30.1. The second-order valence-corrected chi connectivity index (χ2v) is 7.57. The number of aliphatic hydroxyl groups excluding tert-OH is 2. The minimum absolute atomic E-state index is 0. The predicted molar refractivity (Wildman–Crippen MR) is 105 cm³/mol. The predicted octanol–water partition coefficient (Wildman–Crippen LogP) is -0.550. The van der Waals surface area contributed by atoms with Crippen LogP contribution in [0, 0.1) is 0 Å². The largest absolute Gasteiger partial charge is 1.00 e. The van der Waals surface area contributed by atoms with Crippen molar-refractivity contribution in [3.63, 3.8) is 0 Å². The molecule has 0 spiro atoms. The number of nitrogens with one attached hydrogen (secondary N) is 1. The summed E-state index contributed by atoms with van der Waals surface area (Å²) in [6, 6.07) is -0.707. The van der Waals surface area contributed by atoms with Crippen molar-refractivity contribution in [1.29, 1.82) is 0 Å². The molecule has 0 saturated carbocycles. The molecule has 0 aromatic carbocycles. The molecular weight excluding hydrogens is 369 g/mol. The topological polar surface area (TPSA) is 110 Å². The van der Waals surface area contributed by atoms with Gasteiger partial charge in [0.25, 0.3) is 0 Å². The Labute approximate surface area is 193 Å². The zero-order valence-corrected chi connectivity index (χ0v) is 20.1. The van der Waals surface area contributed by atoms with Crippen LogP contribution in [0.25, 0.3) is 0 Å². The number of carbonyl (C=O) groups is 2. The Morgan fingerprint density at radius 3 is 1.79 bits per heavy atom. The summed E-state index contributed by atoms with van der Waals surface area (Å²) in [7, 11) is 0. The van der Waals surface area contributed by atoms with Gasteiger partial charge in [-0.25, -0.2) is 0 Å². The molecule has 0 saturated heterocycles. The zero-order valence-electron chi connectivity index (χ0n) is 18.1. The van der Waals surface area contributed by atoms with Gasteiger partial charge in [-0.3, -0.25) is 4.79 Å². The van der Waals surface area contributed by atoms with Crippen molar-refractivity contribution >= 4 is 11.9 Å². The number of carboxylic acids is 1. The SMILES string of the molecule is CCCCCCCCCCCCCCC(O)CC(CC(=O)[O-])NC(=O)CO.[Na+]. The van der Waals surface area contributed by atoms with Crippen LogP contribution in [0.4, 0.5) is 0 Å². The van der Waals surface area contributed by atoms with Crippen LogP contribution in [0.5, 0.6) is 0 Å². The molecule has 2 atom stereocenters. The Morgan fingerprint density at radius 1 is 0.893 bits per heavy atom. The van der Waals surface area contributed by atoms with E-state index in [1.807, 2.05) is 0 Å². The molecule has 2 unspecified atom stereocenters. The van der Waals surface area contributed by atoms with Gasteiger partial charge in [-0.05, 0) is 12.8 Å². The summed E-state index contributed by atoms with van der Waals surface area (Å²) >= 11 is 0. The fourth-order valence-corrected chi connectivity index (χ4v) is 3.34. The van der Waals surface area contributed by atoms with Gasteiger partial charge < -0.3 is 25.4 Å². The monoisotopic (exact) mass is 409 g/mol. The third kappa shape index (κ3) is 20.6. The van der Waals surface area contributed by atoms with Crippen molar-refractivity contribution in [2.75, 3.05) is 6.61 Å². The summed E-state index contributed by atoms with van der Waals surface area (Å²) in [5.41, 5.74) is 0. The van der Waals surface area contributed by atoms with Crippen molar-refractivity contribution in [2.45, 2.75) is 115 Å². The van der Waals surface area contributed by atoms with E-state index >= 15 is 0 Å². The second kappa shape index (κ2) is 21.6. The molecule has 0 fully saturated rings. The van der Waals surface area contributed by atoms with Crippen LogP contribution in [-0.2, 0) is 9.59 Å². The summed E-state index contributed by atoms with van der Waals surface area (Å²) in [6.45, 7) is 1.54. The number of hydrogen-bond acceptors (Lipinski definition) is 5. The van der Waals surface area contributed by atoms with Crippen molar-refractivity contribution in [3.8, 4) is 0 Å². The number of amides is 1. The van der Waals surface area contributed by atoms with Crippen LogP contribution in [0.3, 0.4) is 0 Å². The summed E-state index contributed by atoms with van der Waals surface area (Å²) in [5.74, 6) is -1.92. The van der Waals surface area contributed by atoms with E-state index in [4.69, 9.17) is 5.11 Å². The van der Waals surface area contributed by atoms with Gasteiger partial charge in [0.15, 0.2) is 0 Å². The Kier molecular flexibility index (Phi) is 23.1. The van der Waals surface area contributed by atoms with E-state index in [0.717, 1.165) is 19.3 Å². The number of aliphatic hydroxyl groups is 2. The van der Waals surface area contributed by atoms with Crippen LogP contribution < -0.4 is 40.0 Å². The summed E-state index contributed by atoms with van der Waals surface area (Å²) in [4.78, 5) is 21.9. The molecule has 28 heavy (non-hydrogen) atoms. The molecule has 1 amide bonds. The third-order valence-corrected chi connectivity index (χ3v) is 4.87. The number of carbonyl (C=O) groups excluding carboxylic acids is 2. The van der Waals surface area contributed by atoms with Crippen molar-refractivity contribution in [3.05, 3.63) is 0 Å². The average molecular weight is 410 g/mol. The van der Waals surface area contributed by atoms with Crippen LogP contribution in [0.1, 0.15) is 103 Å². The molecule has 0 heterocycles. The van der Waals surface area contributed by atoms with E-state index in [1.165, 1.54) is 57.8 Å². The fraction of sp³-hybridized carbons (Fsp3) is 0.905. The molecule has 0 rings (SSSR count). The number of unbranched alkanes of at least 4 members (excludes halogenated alkanes) is 11. The van der Waals surface area contributed by atoms with Gasteiger partial charge in [-0.1, -0.05) is 84.0 Å². The molecule has 0 aliphatic carbocycles. The van der Waals surface area contributed by atoms with Crippen LogP contribution in [0.2, 0.25) is 0 Å². The van der Waals surface area contributed by atoms with E-state index in [2.05, 4.69) is 12.2 Å². The van der Waals surface area contributed by atoms with Crippen LogP contribution in [0.15, 0.2) is 0 Å². The van der Waals surface area contributed by atoms with Crippen molar-refractivity contribution in [1.82, 2.24) is 5.32 Å². The summed E-state index contributed by atoms with van der Waals surface area (Å²) in [6.07, 6.45) is 14.7. The Balaban J connectivity index is 0. The first-order valence-corrected chi connectivity index (χ1v) is 10.8. The van der Waals surface area contributed by atoms with Gasteiger partial charge in [-0.15, -0.1) is 0 Å². The maximum Gasteiger partial charge on any atom is 1.00 e. The Hall–Kier alpha value is -0.140. The number of hydrogen-bond donors (Lipinski definition) is 3. The third-order valence-electron chi connectivity index (χ3n) is 4.87. The van der Waals surface area contributed by atoms with Gasteiger partial charge >= 0.3 is 29.6 Å². The number of rotatable bonds is 19. The minimum atomic E-state index is -1.28. The van der Waals surface area contributed by atoms with Crippen LogP contribution in [-0.4, -0.2) is 40.8 Å². The molecule has 0 aliphatic rings. The Morgan fingerprint density at radius 2 is 1.36 bits per heavy atom. The maximum absolute atomic E-state index is 11.2. The number of aliphatic carboxylic acids is 1. The van der Waals surface area contributed by atoms with Gasteiger partial charge in [0.2, 0.25) is 5.91 Å². The van der Waals surface area contributed by atoms with Crippen LogP contribution >= 0.6 is 0 Å². The molecule has 0 aromatic rings. The van der Waals surface area contributed by atoms with E-state index in [9.17, 15) is 19.8 Å². The van der Waals surface area contributed by atoms with Gasteiger partial charge in [0, 0.05) is 18.4 Å². The second-order valence-electron chi connectivity index (χ2n) is 7.57. The minimum Gasteiger partial charge on any atom is -0.550 e. The average Bonchev–Trinajstić information content (AvgIpc) is 2.61. The van der Waals surface area contributed by atoms with E-state index in [0.29, 0.717) is 6.42 Å². The Bertz CT molecular complexity index is 382. The van der Waals surface area contributed by atoms with E-state index in [-0.39, 0.29) is 42.4 Å². The van der Waals surface area contributed by atoms with Gasteiger partial charge in [-0.2, -0.15) is 0 Å². The molecule has 160 valence electrons. The standard InChI is InChI=1S/C21H41NO5.Na/c1-2-3-4-5-6-7-8-9-10-11-12-13-14-19(24)15-18(16-21(26)27)22-20(25)17-23;/h18-19,23-24H,2-17H2,1H3,(H,22,25)(H,26,27);/q;+1/p-1. The fourth-order valence-electron chi connectivity index (χ4n) is 3.34. The first-order chi connectivity index (χ1) is 13.0. The zero-order chi connectivity index (χ0) is 20.3. The molecular formula is C21H40NNaO5. The maximum atomic E-state index is 11.2. The quantitative estimate of drug-likeness (QED) is 0.196. The summed E-state index contributed by atoms with van der Waals surface area (Å²) < 4.78 is 0. The van der Waals surface area contributed by atoms with Gasteiger partial charge in [0.05, 0.1) is 6.10 Å². The van der Waals surface area contributed by atoms with E-state index < -0.39 is 30.6 Å². The molecule has 6 nitrogen and oxygen atoms in total. The molecule has 0 radical (unpaired) electrons. The number of carboxylic acid groups (broad SMARTS) is 1. The molecule has 0 aliphatic heterocycles.